The zero-order valence-corrected chi connectivity index (χ0v) is 14.3. The van der Waals surface area contributed by atoms with Gasteiger partial charge in [0, 0.05) is 9.79 Å². The van der Waals surface area contributed by atoms with Crippen molar-refractivity contribution < 1.29 is 4.39 Å². The smallest absolute Gasteiger partial charge is 0.126 e. The summed E-state index contributed by atoms with van der Waals surface area (Å²) < 4.78 is 13.8. The van der Waals surface area contributed by atoms with E-state index in [1.807, 2.05) is 17.8 Å². The van der Waals surface area contributed by atoms with Crippen LogP contribution in [-0.2, 0) is 6.42 Å². The molecule has 3 aromatic rings. The highest BCUT2D eigenvalue weighted by molar-refractivity contribution is 7.99. The maximum Gasteiger partial charge on any atom is 0.126 e. The Morgan fingerprint density at radius 2 is 1.62 bits per heavy atom. The fourth-order valence-corrected chi connectivity index (χ4v) is 4.08. The van der Waals surface area contributed by atoms with Crippen LogP contribution in [0.4, 0.5) is 4.39 Å². The molecule has 2 heteroatoms. The van der Waals surface area contributed by atoms with E-state index >= 15 is 0 Å². The summed E-state index contributed by atoms with van der Waals surface area (Å²) in [5, 5.41) is 0. The Labute approximate surface area is 146 Å². The normalized spacial score (nSPS) is 12.4. The Morgan fingerprint density at radius 3 is 2.46 bits per heavy atom. The van der Waals surface area contributed by atoms with E-state index in [9.17, 15) is 4.39 Å². The number of benzene rings is 3. The van der Waals surface area contributed by atoms with Crippen LogP contribution in [0.15, 0.2) is 77.0 Å². The SMILES string of the molecule is C=C(c1ccc(C)c(F)c1)c1ccc2c(c1)Cc1ccccc1S2. The van der Waals surface area contributed by atoms with Crippen molar-refractivity contribution in [3.8, 4) is 0 Å². The van der Waals surface area contributed by atoms with Gasteiger partial charge >= 0.3 is 0 Å². The Bertz CT molecular complexity index is 956. The number of hydrogen-bond acceptors (Lipinski definition) is 1. The largest absolute Gasteiger partial charge is 0.207 e. The standard InChI is InChI=1S/C22H17FS/c1-14-7-8-17(13-20(14)23)15(2)16-9-10-22-19(11-16)12-18-5-3-4-6-21(18)24-22/h3-11,13H,2,12H2,1H3. The average molecular weight is 332 g/mol. The molecule has 0 saturated heterocycles. The van der Waals surface area contributed by atoms with E-state index < -0.39 is 0 Å². The van der Waals surface area contributed by atoms with Gasteiger partial charge in [0.15, 0.2) is 0 Å². The fraction of sp³-hybridized carbons (Fsp3) is 0.0909. The molecule has 1 heterocycles. The highest BCUT2D eigenvalue weighted by Gasteiger charge is 2.16. The van der Waals surface area contributed by atoms with Gasteiger partial charge in [0.1, 0.15) is 5.82 Å². The molecule has 0 radical (unpaired) electrons. The van der Waals surface area contributed by atoms with Crippen LogP contribution in [0.1, 0.15) is 27.8 Å². The van der Waals surface area contributed by atoms with E-state index in [2.05, 4.69) is 49.0 Å². The molecule has 0 atom stereocenters. The number of aryl methyl sites for hydroxylation is 1. The van der Waals surface area contributed by atoms with Crippen LogP contribution in [0, 0.1) is 12.7 Å². The minimum Gasteiger partial charge on any atom is -0.207 e. The van der Waals surface area contributed by atoms with Gasteiger partial charge in [-0.1, -0.05) is 54.7 Å². The third-order valence-corrected chi connectivity index (χ3v) is 5.74. The zero-order chi connectivity index (χ0) is 16.7. The third kappa shape index (κ3) is 2.67. The van der Waals surface area contributed by atoms with Crippen LogP contribution in [0.3, 0.4) is 0 Å². The summed E-state index contributed by atoms with van der Waals surface area (Å²) in [6.07, 6.45) is 0.932. The predicted molar refractivity (Wildman–Crippen MR) is 99.1 cm³/mol. The minimum atomic E-state index is -0.184. The van der Waals surface area contributed by atoms with Crippen molar-refractivity contribution in [1.29, 1.82) is 0 Å². The predicted octanol–water partition coefficient (Wildman–Crippen LogP) is 6.25. The van der Waals surface area contributed by atoms with Crippen LogP contribution in [0.5, 0.6) is 0 Å². The van der Waals surface area contributed by atoms with Crippen molar-refractivity contribution in [3.63, 3.8) is 0 Å². The van der Waals surface area contributed by atoms with Gasteiger partial charge in [-0.25, -0.2) is 4.39 Å². The molecule has 0 aliphatic carbocycles. The maximum absolute atomic E-state index is 13.8. The molecule has 0 N–H and O–H groups in total. The summed E-state index contributed by atoms with van der Waals surface area (Å²) in [6, 6.07) is 20.3. The Morgan fingerprint density at radius 1 is 0.917 bits per heavy atom. The molecular formula is C22H17FS. The molecule has 0 spiro atoms. The summed E-state index contributed by atoms with van der Waals surface area (Å²) in [5.41, 5.74) is 6.08. The fourth-order valence-electron chi connectivity index (χ4n) is 3.03. The van der Waals surface area contributed by atoms with Gasteiger partial charge in [-0.3, -0.25) is 0 Å². The summed E-state index contributed by atoms with van der Waals surface area (Å²) in [6.45, 7) is 5.96. The van der Waals surface area contributed by atoms with Gasteiger partial charge in [0.05, 0.1) is 0 Å². The summed E-state index contributed by atoms with van der Waals surface area (Å²) >= 11 is 1.81. The number of rotatable bonds is 2. The first-order valence-corrected chi connectivity index (χ1v) is 8.78. The molecule has 0 unspecified atom stereocenters. The average Bonchev–Trinajstić information content (AvgIpc) is 2.61. The second kappa shape index (κ2) is 5.95. The number of fused-ring (bicyclic) bond motifs is 2. The highest BCUT2D eigenvalue weighted by atomic mass is 32.2. The van der Waals surface area contributed by atoms with Crippen LogP contribution < -0.4 is 0 Å². The van der Waals surface area contributed by atoms with Gasteiger partial charge in [-0.2, -0.15) is 0 Å². The van der Waals surface area contributed by atoms with E-state index in [1.165, 1.54) is 20.9 Å². The molecule has 0 nitrogen and oxygen atoms in total. The van der Waals surface area contributed by atoms with E-state index in [0.717, 1.165) is 23.1 Å². The van der Waals surface area contributed by atoms with Crippen LogP contribution in [0.2, 0.25) is 0 Å². The van der Waals surface area contributed by atoms with Crippen LogP contribution in [0.25, 0.3) is 5.57 Å². The molecule has 1 aliphatic heterocycles. The Kier molecular flexibility index (Phi) is 3.78. The Balaban J connectivity index is 1.69. The molecule has 0 aromatic heterocycles. The number of halogens is 1. The van der Waals surface area contributed by atoms with Crippen molar-refractivity contribution in [2.75, 3.05) is 0 Å². The molecule has 4 rings (SSSR count). The first kappa shape index (κ1) is 15.2. The topological polar surface area (TPSA) is 0 Å². The van der Waals surface area contributed by atoms with Crippen molar-refractivity contribution in [2.45, 2.75) is 23.1 Å². The molecule has 0 bridgehead atoms. The van der Waals surface area contributed by atoms with Gasteiger partial charge in [-0.15, -0.1) is 0 Å². The van der Waals surface area contributed by atoms with Crippen molar-refractivity contribution in [1.82, 2.24) is 0 Å². The molecule has 24 heavy (non-hydrogen) atoms. The van der Waals surface area contributed by atoms with Crippen molar-refractivity contribution in [2.24, 2.45) is 0 Å². The molecule has 0 saturated carbocycles. The van der Waals surface area contributed by atoms with E-state index in [1.54, 1.807) is 19.1 Å². The third-order valence-electron chi connectivity index (χ3n) is 4.50. The highest BCUT2D eigenvalue weighted by Crippen LogP contribution is 2.40. The van der Waals surface area contributed by atoms with Gasteiger partial charge in [-0.05, 0) is 71.0 Å². The summed E-state index contributed by atoms with van der Waals surface area (Å²) in [5.74, 6) is -0.184. The summed E-state index contributed by atoms with van der Waals surface area (Å²) in [7, 11) is 0. The quantitative estimate of drug-likeness (QED) is 0.418. The molecule has 1 aliphatic rings. The van der Waals surface area contributed by atoms with Gasteiger partial charge < -0.3 is 0 Å². The second-order valence-corrected chi connectivity index (χ2v) is 7.24. The van der Waals surface area contributed by atoms with E-state index in [4.69, 9.17) is 0 Å². The Hall–Kier alpha value is -2.32. The molecular weight excluding hydrogens is 315 g/mol. The number of hydrogen-bond donors (Lipinski definition) is 0. The van der Waals surface area contributed by atoms with E-state index in [0.29, 0.717) is 5.56 Å². The minimum absolute atomic E-state index is 0.184. The second-order valence-electron chi connectivity index (χ2n) is 6.15. The molecule has 0 fully saturated rings. The lowest BCUT2D eigenvalue weighted by atomic mass is 9.95. The molecule has 0 amide bonds. The van der Waals surface area contributed by atoms with Crippen molar-refractivity contribution in [3.05, 3.63) is 101 Å². The van der Waals surface area contributed by atoms with Gasteiger partial charge in [0.25, 0.3) is 0 Å². The zero-order valence-electron chi connectivity index (χ0n) is 13.5. The van der Waals surface area contributed by atoms with Crippen LogP contribution >= 0.6 is 11.8 Å². The lowest BCUT2D eigenvalue weighted by Gasteiger charge is -2.20. The van der Waals surface area contributed by atoms with Gasteiger partial charge in [0.2, 0.25) is 0 Å². The molecule has 118 valence electrons. The first-order chi connectivity index (χ1) is 11.6. The lowest BCUT2D eigenvalue weighted by Crippen LogP contribution is -2.00. The summed E-state index contributed by atoms with van der Waals surface area (Å²) in [4.78, 5) is 2.62. The lowest BCUT2D eigenvalue weighted by molar-refractivity contribution is 0.618. The van der Waals surface area contributed by atoms with Crippen molar-refractivity contribution >= 4 is 17.3 Å². The monoisotopic (exact) mass is 332 g/mol. The van der Waals surface area contributed by atoms with E-state index in [-0.39, 0.29) is 5.82 Å². The molecule has 3 aromatic carbocycles. The maximum atomic E-state index is 13.8. The first-order valence-electron chi connectivity index (χ1n) is 7.96. The van der Waals surface area contributed by atoms with Crippen LogP contribution in [-0.4, -0.2) is 0 Å².